The van der Waals surface area contributed by atoms with Gasteiger partial charge >= 0.3 is 0 Å². The Morgan fingerprint density at radius 2 is 1.68 bits per heavy atom. The molecule has 3 fully saturated rings. The van der Waals surface area contributed by atoms with E-state index in [1.54, 1.807) is 0 Å². The second-order valence-corrected chi connectivity index (χ2v) is 6.20. The zero-order valence-corrected chi connectivity index (χ0v) is 11.7. The molecule has 0 unspecified atom stereocenters. The summed E-state index contributed by atoms with van der Waals surface area (Å²) in [6, 6.07) is 0. The van der Waals surface area contributed by atoms with Crippen LogP contribution in [0, 0.1) is 5.92 Å². The van der Waals surface area contributed by atoms with Crippen molar-refractivity contribution in [3.05, 3.63) is 0 Å². The molecule has 2 saturated heterocycles. The van der Waals surface area contributed by atoms with Gasteiger partial charge in [-0.2, -0.15) is 0 Å². The van der Waals surface area contributed by atoms with Gasteiger partial charge in [-0.3, -0.25) is 4.79 Å². The number of nitrogens with zero attached hydrogens (tertiary/aromatic N) is 1. The number of carbonyl (C=O) groups excluding carboxylic acids is 1. The lowest BCUT2D eigenvalue weighted by atomic mass is 9.83. The van der Waals surface area contributed by atoms with Crippen molar-refractivity contribution in [1.82, 2.24) is 4.90 Å². The highest BCUT2D eigenvalue weighted by Gasteiger charge is 2.40. The molecular formula is C15H25NO3. The number of ether oxygens (including phenoxy) is 2. The van der Waals surface area contributed by atoms with Crippen molar-refractivity contribution in [3.63, 3.8) is 0 Å². The minimum Gasteiger partial charge on any atom is -0.348 e. The van der Waals surface area contributed by atoms with Crippen molar-refractivity contribution in [3.8, 4) is 0 Å². The fourth-order valence-corrected chi connectivity index (χ4v) is 3.63. The minimum atomic E-state index is -0.287. The van der Waals surface area contributed by atoms with Gasteiger partial charge in [0.15, 0.2) is 5.79 Å². The van der Waals surface area contributed by atoms with Gasteiger partial charge in [-0.05, 0) is 38.0 Å². The fourth-order valence-electron chi connectivity index (χ4n) is 3.63. The van der Waals surface area contributed by atoms with Crippen LogP contribution in [0.15, 0.2) is 0 Å². The molecule has 3 rings (SSSR count). The zero-order valence-electron chi connectivity index (χ0n) is 11.7. The average molecular weight is 267 g/mol. The lowest BCUT2D eigenvalue weighted by Crippen LogP contribution is -2.39. The van der Waals surface area contributed by atoms with Gasteiger partial charge in [0.05, 0.1) is 13.2 Å². The van der Waals surface area contributed by atoms with Crippen LogP contribution in [0.5, 0.6) is 0 Å². The molecule has 0 aromatic heterocycles. The maximum absolute atomic E-state index is 12.2. The molecule has 1 aliphatic carbocycles. The number of piperidine rings is 1. The van der Waals surface area contributed by atoms with Gasteiger partial charge in [-0.1, -0.05) is 0 Å². The maximum Gasteiger partial charge on any atom is 0.222 e. The zero-order chi connectivity index (χ0) is 13.1. The number of likely N-dealkylation sites (tertiary alicyclic amines) is 1. The molecule has 4 heteroatoms. The van der Waals surface area contributed by atoms with Gasteiger partial charge in [0.25, 0.3) is 0 Å². The second-order valence-electron chi connectivity index (χ2n) is 6.20. The van der Waals surface area contributed by atoms with Crippen molar-refractivity contribution in [2.75, 3.05) is 26.3 Å². The summed E-state index contributed by atoms with van der Waals surface area (Å²) in [5.41, 5.74) is 0. The molecule has 0 aromatic rings. The second kappa shape index (κ2) is 5.80. The fraction of sp³-hybridized carbons (Fsp3) is 0.933. The molecule has 3 aliphatic rings. The monoisotopic (exact) mass is 267 g/mol. The molecular weight excluding hydrogens is 242 g/mol. The molecule has 0 N–H and O–H groups in total. The van der Waals surface area contributed by atoms with Crippen molar-refractivity contribution >= 4 is 5.91 Å². The van der Waals surface area contributed by atoms with E-state index in [4.69, 9.17) is 9.47 Å². The predicted molar refractivity (Wildman–Crippen MR) is 71.6 cm³/mol. The first-order valence-corrected chi connectivity index (χ1v) is 7.83. The molecule has 1 amide bonds. The normalized spacial score (nSPS) is 27.9. The first-order chi connectivity index (χ1) is 9.27. The highest BCUT2D eigenvalue weighted by atomic mass is 16.7. The molecule has 0 aromatic carbocycles. The topological polar surface area (TPSA) is 38.8 Å². The quantitative estimate of drug-likeness (QED) is 0.770. The van der Waals surface area contributed by atoms with Crippen molar-refractivity contribution in [2.45, 2.75) is 57.2 Å². The van der Waals surface area contributed by atoms with Crippen LogP contribution in [0.2, 0.25) is 0 Å². The largest absolute Gasteiger partial charge is 0.348 e. The summed E-state index contributed by atoms with van der Waals surface area (Å²) in [5, 5.41) is 0. The molecule has 2 aliphatic heterocycles. The molecule has 2 heterocycles. The molecule has 108 valence electrons. The Morgan fingerprint density at radius 3 is 2.32 bits per heavy atom. The Balaban J connectivity index is 1.45. The SMILES string of the molecule is O=C(CC1CCC2(CC1)OCCO2)N1CCCCC1. The number of hydrogen-bond acceptors (Lipinski definition) is 3. The number of hydrogen-bond donors (Lipinski definition) is 0. The molecule has 0 bridgehead atoms. The summed E-state index contributed by atoms with van der Waals surface area (Å²) >= 11 is 0. The first kappa shape index (κ1) is 13.4. The van der Waals surface area contributed by atoms with Crippen LogP contribution in [0.4, 0.5) is 0 Å². The lowest BCUT2D eigenvalue weighted by Gasteiger charge is -2.36. The maximum atomic E-state index is 12.2. The summed E-state index contributed by atoms with van der Waals surface area (Å²) in [6.45, 7) is 3.41. The highest BCUT2D eigenvalue weighted by Crippen LogP contribution is 2.39. The van der Waals surface area contributed by atoms with E-state index in [9.17, 15) is 4.79 Å². The highest BCUT2D eigenvalue weighted by molar-refractivity contribution is 5.76. The van der Waals surface area contributed by atoms with Gasteiger partial charge in [0.1, 0.15) is 0 Å². The van der Waals surface area contributed by atoms with Gasteiger partial charge in [-0.25, -0.2) is 0 Å². The standard InChI is InChI=1S/C15H25NO3/c17-14(16-8-2-1-3-9-16)12-13-4-6-15(7-5-13)18-10-11-19-15/h13H,1-12H2. The van der Waals surface area contributed by atoms with E-state index in [1.807, 2.05) is 0 Å². The van der Waals surface area contributed by atoms with E-state index in [0.29, 0.717) is 11.8 Å². The third-order valence-corrected chi connectivity index (χ3v) is 4.85. The molecule has 0 radical (unpaired) electrons. The molecule has 1 spiro atoms. The van der Waals surface area contributed by atoms with Crippen LogP contribution in [-0.4, -0.2) is 42.9 Å². The number of carbonyl (C=O) groups is 1. The average Bonchev–Trinajstić information content (AvgIpc) is 2.91. The Hall–Kier alpha value is -0.610. The Bertz CT molecular complexity index is 309. The molecule has 19 heavy (non-hydrogen) atoms. The third kappa shape index (κ3) is 3.11. The van der Waals surface area contributed by atoms with Gasteiger partial charge in [0, 0.05) is 32.4 Å². The Kier molecular flexibility index (Phi) is 4.08. The van der Waals surface area contributed by atoms with Crippen molar-refractivity contribution < 1.29 is 14.3 Å². The summed E-state index contributed by atoms with van der Waals surface area (Å²) in [7, 11) is 0. The molecule has 4 nitrogen and oxygen atoms in total. The van der Waals surface area contributed by atoms with E-state index in [1.165, 1.54) is 19.3 Å². The number of rotatable bonds is 2. The van der Waals surface area contributed by atoms with Gasteiger partial charge < -0.3 is 14.4 Å². The van der Waals surface area contributed by atoms with E-state index in [0.717, 1.165) is 58.4 Å². The van der Waals surface area contributed by atoms with Crippen LogP contribution < -0.4 is 0 Å². The third-order valence-electron chi connectivity index (χ3n) is 4.85. The van der Waals surface area contributed by atoms with E-state index < -0.39 is 0 Å². The summed E-state index contributed by atoms with van der Waals surface area (Å²) in [4.78, 5) is 14.3. The van der Waals surface area contributed by atoms with E-state index in [-0.39, 0.29) is 5.79 Å². The van der Waals surface area contributed by atoms with Gasteiger partial charge in [0.2, 0.25) is 5.91 Å². The van der Waals surface area contributed by atoms with Crippen LogP contribution in [-0.2, 0) is 14.3 Å². The van der Waals surface area contributed by atoms with Crippen LogP contribution in [0.1, 0.15) is 51.4 Å². The predicted octanol–water partition coefficient (Wildman–Crippen LogP) is 2.32. The summed E-state index contributed by atoms with van der Waals surface area (Å²) in [6.07, 6.45) is 8.44. The first-order valence-electron chi connectivity index (χ1n) is 7.83. The smallest absolute Gasteiger partial charge is 0.222 e. The number of amides is 1. The van der Waals surface area contributed by atoms with Gasteiger partial charge in [-0.15, -0.1) is 0 Å². The Morgan fingerprint density at radius 1 is 1.05 bits per heavy atom. The van der Waals surface area contributed by atoms with E-state index in [2.05, 4.69) is 4.90 Å². The van der Waals surface area contributed by atoms with E-state index >= 15 is 0 Å². The van der Waals surface area contributed by atoms with Crippen LogP contribution in [0.3, 0.4) is 0 Å². The minimum absolute atomic E-state index is 0.287. The van der Waals surface area contributed by atoms with Crippen LogP contribution >= 0.6 is 0 Å². The summed E-state index contributed by atoms with van der Waals surface area (Å²) in [5.74, 6) is 0.617. The lowest BCUT2D eigenvalue weighted by molar-refractivity contribution is -0.183. The van der Waals surface area contributed by atoms with Crippen molar-refractivity contribution in [2.24, 2.45) is 5.92 Å². The molecule has 1 saturated carbocycles. The summed E-state index contributed by atoms with van der Waals surface area (Å²) < 4.78 is 11.5. The Labute approximate surface area is 115 Å². The van der Waals surface area contributed by atoms with Crippen LogP contribution in [0.25, 0.3) is 0 Å². The van der Waals surface area contributed by atoms with Crippen molar-refractivity contribution in [1.29, 1.82) is 0 Å². The molecule has 0 atom stereocenters.